The maximum absolute atomic E-state index is 9.39. The van der Waals surface area contributed by atoms with Gasteiger partial charge in [0.2, 0.25) is 0 Å². The first-order valence-electron chi connectivity index (χ1n) is 7.44. The molecule has 24 heavy (non-hydrogen) atoms. The third-order valence-corrected chi connectivity index (χ3v) is 4.71. The van der Waals surface area contributed by atoms with Crippen LogP contribution in [0.5, 0.6) is 5.75 Å². The third kappa shape index (κ3) is 4.45. The first kappa shape index (κ1) is 16.7. The molecule has 0 unspecified atom stereocenters. The molecule has 0 bridgehead atoms. The molecule has 0 amide bonds. The van der Waals surface area contributed by atoms with Crippen LogP contribution in [0.25, 0.3) is 12.2 Å². The van der Waals surface area contributed by atoms with E-state index in [1.54, 1.807) is 29.7 Å². The fourth-order valence-corrected chi connectivity index (χ4v) is 3.22. The summed E-state index contributed by atoms with van der Waals surface area (Å²) in [6, 6.07) is 15.0. The SMILES string of the molecule is OCc1cc(/C=C/c2ccccn2)c(COc2ccc(Cl)cc2)s1. The Morgan fingerprint density at radius 2 is 1.96 bits per heavy atom. The second-order valence-corrected chi connectivity index (χ2v) is 6.74. The van der Waals surface area contributed by atoms with Crippen molar-refractivity contribution in [3.8, 4) is 5.75 Å². The van der Waals surface area contributed by atoms with Crippen LogP contribution in [0.1, 0.15) is 21.0 Å². The third-order valence-electron chi connectivity index (χ3n) is 3.35. The molecule has 0 saturated heterocycles. The summed E-state index contributed by atoms with van der Waals surface area (Å²) in [4.78, 5) is 6.24. The molecule has 1 aromatic carbocycles. The lowest BCUT2D eigenvalue weighted by molar-refractivity contribution is 0.285. The number of benzene rings is 1. The highest BCUT2D eigenvalue weighted by atomic mass is 35.5. The molecule has 0 aliphatic carbocycles. The number of nitrogens with zero attached hydrogens (tertiary/aromatic N) is 1. The molecule has 5 heteroatoms. The average molecular weight is 358 g/mol. The fourth-order valence-electron chi connectivity index (χ4n) is 2.16. The van der Waals surface area contributed by atoms with Crippen LogP contribution < -0.4 is 4.74 Å². The van der Waals surface area contributed by atoms with E-state index in [4.69, 9.17) is 16.3 Å². The van der Waals surface area contributed by atoms with E-state index in [1.807, 2.05) is 48.6 Å². The lowest BCUT2D eigenvalue weighted by Gasteiger charge is -2.05. The highest BCUT2D eigenvalue weighted by molar-refractivity contribution is 7.12. The molecular weight excluding hydrogens is 342 g/mol. The molecule has 2 heterocycles. The molecule has 0 atom stereocenters. The summed E-state index contributed by atoms with van der Waals surface area (Å²) >= 11 is 7.42. The Morgan fingerprint density at radius 1 is 1.12 bits per heavy atom. The lowest BCUT2D eigenvalue weighted by atomic mass is 10.2. The molecule has 1 N–H and O–H groups in total. The Balaban J connectivity index is 1.75. The molecule has 3 aromatic rings. The molecule has 3 rings (SSSR count). The fraction of sp³-hybridized carbons (Fsp3) is 0.105. The molecule has 0 aliphatic rings. The maximum atomic E-state index is 9.39. The van der Waals surface area contributed by atoms with Gasteiger partial charge in [-0.25, -0.2) is 0 Å². The van der Waals surface area contributed by atoms with Crippen LogP contribution in [0.4, 0.5) is 0 Å². The van der Waals surface area contributed by atoms with E-state index in [0.717, 1.165) is 26.8 Å². The summed E-state index contributed by atoms with van der Waals surface area (Å²) in [6.45, 7) is 0.463. The largest absolute Gasteiger partial charge is 0.488 e. The van der Waals surface area contributed by atoms with Crippen LogP contribution in [0.15, 0.2) is 54.7 Å². The zero-order valence-electron chi connectivity index (χ0n) is 12.9. The molecule has 0 aliphatic heterocycles. The van der Waals surface area contributed by atoms with Gasteiger partial charge in [0, 0.05) is 21.0 Å². The number of ether oxygens (including phenoxy) is 1. The minimum Gasteiger partial charge on any atom is -0.488 e. The quantitative estimate of drug-likeness (QED) is 0.672. The van der Waals surface area contributed by atoms with Crippen molar-refractivity contribution >= 4 is 35.1 Å². The van der Waals surface area contributed by atoms with Crippen LogP contribution in [0, 0.1) is 0 Å². The van der Waals surface area contributed by atoms with E-state index in [9.17, 15) is 5.11 Å². The van der Waals surface area contributed by atoms with Crippen LogP contribution >= 0.6 is 22.9 Å². The standard InChI is InChI=1S/C19H16ClNO2S/c20-15-5-8-17(9-6-15)23-13-19-14(11-18(12-22)24-19)4-7-16-3-1-2-10-21-16/h1-11,22H,12-13H2/b7-4+. The summed E-state index contributed by atoms with van der Waals surface area (Å²) in [5.41, 5.74) is 1.92. The van der Waals surface area contributed by atoms with E-state index in [1.165, 1.54) is 0 Å². The van der Waals surface area contributed by atoms with Gasteiger partial charge in [-0.2, -0.15) is 0 Å². The number of aromatic nitrogens is 1. The summed E-state index contributed by atoms with van der Waals surface area (Å²) in [5.74, 6) is 0.762. The zero-order chi connectivity index (χ0) is 16.8. The van der Waals surface area contributed by atoms with Gasteiger partial charge in [-0.3, -0.25) is 4.98 Å². The molecule has 3 nitrogen and oxygen atoms in total. The van der Waals surface area contributed by atoms with Gasteiger partial charge in [-0.05, 0) is 54.1 Å². The number of rotatable bonds is 6. The molecule has 122 valence electrons. The molecule has 0 saturated carbocycles. The van der Waals surface area contributed by atoms with Gasteiger partial charge in [0.15, 0.2) is 0 Å². The molecule has 0 fully saturated rings. The number of halogens is 1. The lowest BCUT2D eigenvalue weighted by Crippen LogP contribution is -1.94. The highest BCUT2D eigenvalue weighted by Crippen LogP contribution is 2.26. The first-order valence-corrected chi connectivity index (χ1v) is 8.64. The monoisotopic (exact) mass is 357 g/mol. The van der Waals surface area contributed by atoms with E-state index >= 15 is 0 Å². The predicted octanol–water partition coefficient (Wildman–Crippen LogP) is 5.04. The van der Waals surface area contributed by atoms with Gasteiger partial charge in [0.25, 0.3) is 0 Å². The number of aliphatic hydroxyl groups excluding tert-OH is 1. The van der Waals surface area contributed by atoms with Crippen LogP contribution in [-0.2, 0) is 13.2 Å². The van der Waals surface area contributed by atoms with Crippen molar-refractivity contribution in [3.05, 3.63) is 80.8 Å². The van der Waals surface area contributed by atoms with Crippen molar-refractivity contribution in [1.29, 1.82) is 0 Å². The van der Waals surface area contributed by atoms with Crippen molar-refractivity contribution < 1.29 is 9.84 Å². The van der Waals surface area contributed by atoms with Crippen LogP contribution in [0.3, 0.4) is 0 Å². The van der Waals surface area contributed by atoms with Crippen LogP contribution in [-0.4, -0.2) is 10.1 Å². The van der Waals surface area contributed by atoms with Crippen molar-refractivity contribution in [3.63, 3.8) is 0 Å². The number of hydrogen-bond donors (Lipinski definition) is 1. The number of thiophene rings is 1. The Hall–Kier alpha value is -2.14. The minimum atomic E-state index is 0.0238. The van der Waals surface area contributed by atoms with Gasteiger partial charge in [-0.1, -0.05) is 23.7 Å². The summed E-state index contributed by atoms with van der Waals surface area (Å²) in [5, 5.41) is 10.1. The Bertz CT molecular complexity index is 813. The van der Waals surface area contributed by atoms with Crippen molar-refractivity contribution in [2.24, 2.45) is 0 Å². The number of pyridine rings is 1. The van der Waals surface area contributed by atoms with E-state index in [-0.39, 0.29) is 6.61 Å². The molecule has 0 spiro atoms. The number of hydrogen-bond acceptors (Lipinski definition) is 4. The smallest absolute Gasteiger partial charge is 0.123 e. The van der Waals surface area contributed by atoms with Gasteiger partial charge in [0.05, 0.1) is 12.3 Å². The minimum absolute atomic E-state index is 0.0238. The molecule has 2 aromatic heterocycles. The van der Waals surface area contributed by atoms with Crippen molar-refractivity contribution in [2.75, 3.05) is 0 Å². The second-order valence-electron chi connectivity index (χ2n) is 5.08. The topological polar surface area (TPSA) is 42.4 Å². The Morgan fingerprint density at radius 3 is 2.67 bits per heavy atom. The highest BCUT2D eigenvalue weighted by Gasteiger charge is 2.08. The Kier molecular flexibility index (Phi) is 5.64. The normalized spacial score (nSPS) is 11.1. The Labute approximate surface area is 149 Å². The zero-order valence-corrected chi connectivity index (χ0v) is 14.4. The summed E-state index contributed by atoms with van der Waals surface area (Å²) in [6.07, 6.45) is 5.71. The van der Waals surface area contributed by atoms with Crippen molar-refractivity contribution in [1.82, 2.24) is 4.98 Å². The summed E-state index contributed by atoms with van der Waals surface area (Å²) < 4.78 is 5.82. The molecular formula is C19H16ClNO2S. The van der Waals surface area contributed by atoms with E-state index in [0.29, 0.717) is 11.6 Å². The van der Waals surface area contributed by atoms with Crippen LogP contribution in [0.2, 0.25) is 5.02 Å². The van der Waals surface area contributed by atoms with Gasteiger partial charge in [-0.15, -0.1) is 11.3 Å². The maximum Gasteiger partial charge on any atom is 0.123 e. The van der Waals surface area contributed by atoms with E-state index < -0.39 is 0 Å². The van der Waals surface area contributed by atoms with Gasteiger partial charge in [0.1, 0.15) is 12.4 Å². The van der Waals surface area contributed by atoms with Gasteiger partial charge >= 0.3 is 0 Å². The van der Waals surface area contributed by atoms with Gasteiger partial charge < -0.3 is 9.84 Å². The van der Waals surface area contributed by atoms with Crippen molar-refractivity contribution in [2.45, 2.75) is 13.2 Å². The first-order chi connectivity index (χ1) is 11.7. The van der Waals surface area contributed by atoms with E-state index in [2.05, 4.69) is 4.98 Å². The predicted molar refractivity (Wildman–Crippen MR) is 99.2 cm³/mol. The average Bonchev–Trinajstić information content (AvgIpc) is 3.03. The summed E-state index contributed by atoms with van der Waals surface area (Å²) in [7, 11) is 0. The number of aliphatic hydroxyl groups is 1. The second kappa shape index (κ2) is 8.11. The molecule has 0 radical (unpaired) electrons.